The molecule has 0 saturated carbocycles. The van der Waals surface area contributed by atoms with Gasteiger partial charge in [0.2, 0.25) is 0 Å². The molecular weight excluding hydrogens is 378 g/mol. The molecular formula is C17H13NO6S2. The van der Waals surface area contributed by atoms with Crippen LogP contribution in [0.1, 0.15) is 5.56 Å². The Labute approximate surface area is 156 Å². The predicted octanol–water partition coefficient (Wildman–Crippen LogP) is 1.91. The first-order chi connectivity index (χ1) is 12.4. The van der Waals surface area contributed by atoms with E-state index in [1.807, 2.05) is 0 Å². The van der Waals surface area contributed by atoms with Gasteiger partial charge in [-0.25, -0.2) is 4.79 Å². The van der Waals surface area contributed by atoms with Crippen molar-refractivity contribution < 1.29 is 29.4 Å². The summed E-state index contributed by atoms with van der Waals surface area (Å²) in [5.41, 5.74) is 0.380. The van der Waals surface area contributed by atoms with Gasteiger partial charge in [0.1, 0.15) is 5.57 Å². The van der Waals surface area contributed by atoms with Gasteiger partial charge in [-0.05, 0) is 16.4 Å². The topological polar surface area (TPSA) is 112 Å². The number of Topliss-reactive ketones (excluding diaryl/α,β-unsaturated/α-hetero) is 1. The highest BCUT2D eigenvalue weighted by Gasteiger charge is 2.53. The molecule has 0 aromatic heterocycles. The van der Waals surface area contributed by atoms with Gasteiger partial charge in [0.25, 0.3) is 5.91 Å². The summed E-state index contributed by atoms with van der Waals surface area (Å²) in [6.45, 7) is -0.104. The molecule has 7 nitrogen and oxygen atoms in total. The average molecular weight is 391 g/mol. The highest BCUT2D eigenvalue weighted by molar-refractivity contribution is 8.27. The number of thioether (sulfide) groups is 2. The van der Waals surface area contributed by atoms with E-state index in [4.69, 9.17) is 0 Å². The van der Waals surface area contributed by atoms with Crippen LogP contribution in [0.2, 0.25) is 0 Å². The molecule has 26 heavy (non-hydrogen) atoms. The Hall–Kier alpha value is -2.52. The number of rotatable bonds is 4. The van der Waals surface area contributed by atoms with Gasteiger partial charge in [-0.15, -0.1) is 0 Å². The molecule has 2 unspecified atom stereocenters. The van der Waals surface area contributed by atoms with Crippen molar-refractivity contribution in [3.63, 3.8) is 0 Å². The number of carbonyl (C=O) groups excluding carboxylic acids is 2. The van der Waals surface area contributed by atoms with Gasteiger partial charge in [-0.1, -0.05) is 53.9 Å². The summed E-state index contributed by atoms with van der Waals surface area (Å²) < 4.78 is 0.369. The molecule has 0 radical (unpaired) electrons. The summed E-state index contributed by atoms with van der Waals surface area (Å²) in [7, 11) is 0. The second-order valence-corrected chi connectivity index (χ2v) is 7.64. The fourth-order valence-electron chi connectivity index (χ4n) is 2.84. The van der Waals surface area contributed by atoms with Crippen LogP contribution in [-0.2, 0) is 25.7 Å². The Bertz CT molecular complexity index is 838. The molecule has 2 N–H and O–H groups in total. The van der Waals surface area contributed by atoms with Crippen molar-refractivity contribution >= 4 is 47.2 Å². The molecule has 1 fully saturated rings. The third-order valence-corrected chi connectivity index (χ3v) is 6.11. The predicted molar refractivity (Wildman–Crippen MR) is 95.9 cm³/mol. The molecule has 9 heteroatoms. The van der Waals surface area contributed by atoms with Crippen molar-refractivity contribution in [1.29, 1.82) is 0 Å². The summed E-state index contributed by atoms with van der Waals surface area (Å²) in [5.74, 6) is -6.66. The maximum absolute atomic E-state index is 12.9. The van der Waals surface area contributed by atoms with Gasteiger partial charge in [-0.2, -0.15) is 0 Å². The lowest BCUT2D eigenvalue weighted by Crippen LogP contribution is -2.59. The van der Waals surface area contributed by atoms with Gasteiger partial charge in [0, 0.05) is 6.54 Å². The Balaban J connectivity index is 2.09. The fourth-order valence-corrected chi connectivity index (χ4v) is 4.70. The first-order valence-electron chi connectivity index (χ1n) is 7.49. The van der Waals surface area contributed by atoms with Crippen LogP contribution in [0, 0.1) is 5.92 Å². The molecule has 0 bridgehead atoms. The van der Waals surface area contributed by atoms with E-state index in [1.54, 1.807) is 41.1 Å². The minimum absolute atomic E-state index is 0.104. The van der Waals surface area contributed by atoms with E-state index in [9.17, 15) is 29.4 Å². The van der Waals surface area contributed by atoms with Crippen molar-refractivity contribution in [2.45, 2.75) is 12.6 Å². The van der Waals surface area contributed by atoms with Crippen molar-refractivity contribution in [3.05, 3.63) is 56.5 Å². The van der Waals surface area contributed by atoms with Crippen molar-refractivity contribution in [3.8, 4) is 0 Å². The number of piperidine rings is 1. The van der Waals surface area contributed by atoms with Crippen molar-refractivity contribution in [1.82, 2.24) is 4.90 Å². The number of amides is 1. The van der Waals surface area contributed by atoms with Crippen molar-refractivity contribution in [2.75, 3.05) is 0 Å². The second kappa shape index (κ2) is 7.38. The standard InChI is InChI=1S/C17H13NO6S2/c19-13-10(15(21)22)12(16(23)24)18(8-9-4-2-1-3-5-9)14(20)11(13)17-25-6-7-26-17/h1-7,10,12H,8H2,(H,21,22)(H,23,24). The van der Waals surface area contributed by atoms with Crippen LogP contribution in [0.5, 0.6) is 0 Å². The highest BCUT2D eigenvalue weighted by Crippen LogP contribution is 2.43. The number of carboxylic acid groups (broad SMARTS) is 2. The lowest BCUT2D eigenvalue weighted by Gasteiger charge is -2.37. The second-order valence-electron chi connectivity index (χ2n) is 5.55. The van der Waals surface area contributed by atoms with E-state index >= 15 is 0 Å². The first kappa shape index (κ1) is 18.3. The van der Waals surface area contributed by atoms with Gasteiger partial charge in [0.15, 0.2) is 17.7 Å². The van der Waals surface area contributed by atoms with Crippen LogP contribution >= 0.6 is 23.5 Å². The fraction of sp³-hybridized carbons (Fsp3) is 0.176. The number of ketones is 1. The maximum atomic E-state index is 12.9. The SMILES string of the molecule is O=C(O)C1C(=O)C(=C2SC=CS2)C(=O)N(Cc2ccccc2)C1C(=O)O. The maximum Gasteiger partial charge on any atom is 0.327 e. The summed E-state index contributed by atoms with van der Waals surface area (Å²) in [6, 6.07) is 6.86. The average Bonchev–Trinajstić information content (AvgIpc) is 3.11. The molecule has 3 rings (SSSR count). The Morgan fingerprint density at radius 1 is 1.00 bits per heavy atom. The molecule has 2 aliphatic rings. The molecule has 0 aliphatic carbocycles. The molecule has 2 atom stereocenters. The smallest absolute Gasteiger partial charge is 0.327 e. The van der Waals surface area contributed by atoms with E-state index in [0.29, 0.717) is 9.80 Å². The lowest BCUT2D eigenvalue weighted by atomic mass is 9.84. The van der Waals surface area contributed by atoms with Gasteiger partial charge in [0.05, 0.1) is 4.24 Å². The minimum Gasteiger partial charge on any atom is -0.481 e. The van der Waals surface area contributed by atoms with Gasteiger partial charge >= 0.3 is 11.9 Å². The largest absolute Gasteiger partial charge is 0.481 e. The molecule has 2 heterocycles. The number of hydrogen-bond acceptors (Lipinski definition) is 6. The number of hydrogen-bond donors (Lipinski definition) is 2. The van der Waals surface area contributed by atoms with Crippen LogP contribution in [0.15, 0.2) is 51.0 Å². The molecule has 2 aliphatic heterocycles. The summed E-state index contributed by atoms with van der Waals surface area (Å²) >= 11 is 2.28. The molecule has 1 aromatic carbocycles. The molecule has 1 saturated heterocycles. The van der Waals surface area contributed by atoms with Crippen molar-refractivity contribution in [2.24, 2.45) is 5.92 Å². The molecule has 1 aromatic rings. The summed E-state index contributed by atoms with van der Waals surface area (Å²) in [5, 5.41) is 22.4. The number of nitrogens with zero attached hydrogens (tertiary/aromatic N) is 1. The lowest BCUT2D eigenvalue weighted by molar-refractivity contribution is -0.164. The number of carboxylic acids is 2. The van der Waals surface area contributed by atoms with E-state index < -0.39 is 35.6 Å². The number of aliphatic carboxylic acids is 2. The van der Waals surface area contributed by atoms with Crippen LogP contribution < -0.4 is 0 Å². The number of likely N-dealkylation sites (tertiary alicyclic amines) is 1. The van der Waals surface area contributed by atoms with Crippen LogP contribution in [0.4, 0.5) is 0 Å². The zero-order valence-corrected chi connectivity index (χ0v) is 14.8. The molecule has 1 amide bonds. The Kier molecular flexibility index (Phi) is 5.19. The Morgan fingerprint density at radius 2 is 1.62 bits per heavy atom. The van der Waals surface area contributed by atoms with Gasteiger partial charge in [-0.3, -0.25) is 14.4 Å². The highest BCUT2D eigenvalue weighted by atomic mass is 32.2. The number of benzene rings is 1. The zero-order valence-electron chi connectivity index (χ0n) is 13.2. The van der Waals surface area contributed by atoms with E-state index in [1.165, 1.54) is 0 Å². The third kappa shape index (κ3) is 3.27. The molecule has 0 spiro atoms. The van der Waals surface area contributed by atoms with E-state index in [0.717, 1.165) is 28.4 Å². The van der Waals surface area contributed by atoms with Gasteiger partial charge < -0.3 is 15.1 Å². The monoisotopic (exact) mass is 391 g/mol. The zero-order chi connectivity index (χ0) is 18.8. The van der Waals surface area contributed by atoms with Crippen LogP contribution in [0.25, 0.3) is 0 Å². The molecule has 134 valence electrons. The quantitative estimate of drug-likeness (QED) is 0.455. The van der Waals surface area contributed by atoms with E-state index in [-0.39, 0.29) is 12.1 Å². The van der Waals surface area contributed by atoms with Crippen LogP contribution in [0.3, 0.4) is 0 Å². The first-order valence-corrected chi connectivity index (χ1v) is 9.25. The Morgan fingerprint density at radius 3 is 2.15 bits per heavy atom. The summed E-state index contributed by atoms with van der Waals surface area (Å²) in [4.78, 5) is 50.0. The normalized spacial score (nSPS) is 22.8. The van der Waals surface area contributed by atoms with E-state index in [2.05, 4.69) is 0 Å². The number of carbonyl (C=O) groups is 4. The summed E-state index contributed by atoms with van der Waals surface area (Å²) in [6.07, 6.45) is 0. The van der Waals surface area contributed by atoms with Crippen LogP contribution in [-0.4, -0.2) is 44.8 Å². The third-order valence-electron chi connectivity index (χ3n) is 3.98. The minimum atomic E-state index is -1.85.